The molecule has 0 saturated carbocycles. The molecule has 1 unspecified atom stereocenters. The van der Waals surface area contributed by atoms with Crippen LogP contribution < -0.4 is 9.47 Å². The zero-order valence-electron chi connectivity index (χ0n) is 11.5. The molecule has 1 atom stereocenters. The summed E-state index contributed by atoms with van der Waals surface area (Å²) in [7, 11) is 4.94. The lowest BCUT2D eigenvalue weighted by Crippen LogP contribution is -2.09. The van der Waals surface area contributed by atoms with E-state index in [1.807, 2.05) is 19.1 Å². The van der Waals surface area contributed by atoms with Gasteiger partial charge < -0.3 is 14.6 Å². The Balaban J connectivity index is 2.54. The van der Waals surface area contributed by atoms with Crippen LogP contribution in [0.3, 0.4) is 0 Å². The van der Waals surface area contributed by atoms with Gasteiger partial charge in [0.1, 0.15) is 17.6 Å². The number of ether oxygens (including phenoxy) is 2. The fourth-order valence-electron chi connectivity index (χ4n) is 2.18. The number of benzene rings is 1. The Kier molecular flexibility index (Phi) is 3.76. The molecule has 5 nitrogen and oxygen atoms in total. The van der Waals surface area contributed by atoms with E-state index < -0.39 is 6.10 Å². The zero-order chi connectivity index (χ0) is 14.0. The van der Waals surface area contributed by atoms with Crippen LogP contribution in [0.4, 0.5) is 0 Å². The Morgan fingerprint density at radius 2 is 1.79 bits per heavy atom. The quantitative estimate of drug-likeness (QED) is 0.913. The van der Waals surface area contributed by atoms with E-state index >= 15 is 0 Å². The minimum atomic E-state index is -0.850. The first kappa shape index (κ1) is 13.4. The van der Waals surface area contributed by atoms with E-state index in [0.717, 1.165) is 5.69 Å². The molecule has 0 spiro atoms. The maximum atomic E-state index is 10.6. The first-order valence-corrected chi connectivity index (χ1v) is 5.98. The molecule has 2 aromatic rings. The first-order valence-electron chi connectivity index (χ1n) is 5.98. The van der Waals surface area contributed by atoms with Gasteiger partial charge in [0.05, 0.1) is 31.2 Å². The topological polar surface area (TPSA) is 56.5 Å². The summed E-state index contributed by atoms with van der Waals surface area (Å²) in [6.45, 7) is 1.88. The lowest BCUT2D eigenvalue weighted by molar-refractivity contribution is 0.199. The van der Waals surface area contributed by atoms with E-state index in [9.17, 15) is 5.11 Å². The normalized spacial score (nSPS) is 12.3. The van der Waals surface area contributed by atoms with Crippen LogP contribution in [0.1, 0.15) is 23.1 Å². The second-order valence-corrected chi connectivity index (χ2v) is 4.31. The maximum Gasteiger partial charge on any atom is 0.128 e. The van der Waals surface area contributed by atoms with E-state index in [2.05, 4.69) is 5.10 Å². The number of nitrogens with zero attached hydrogens (tertiary/aromatic N) is 2. The summed E-state index contributed by atoms with van der Waals surface area (Å²) in [6, 6.07) is 7.26. The molecule has 1 N–H and O–H groups in total. The van der Waals surface area contributed by atoms with E-state index in [1.54, 1.807) is 38.1 Å². The highest BCUT2D eigenvalue weighted by Gasteiger charge is 2.23. The van der Waals surface area contributed by atoms with Gasteiger partial charge in [-0.2, -0.15) is 5.10 Å². The van der Waals surface area contributed by atoms with Crippen LogP contribution in [0, 0.1) is 6.92 Å². The number of methoxy groups -OCH3 is 2. The Morgan fingerprint density at radius 3 is 2.21 bits per heavy atom. The van der Waals surface area contributed by atoms with Crippen LogP contribution in [0.15, 0.2) is 24.3 Å². The molecule has 2 rings (SSSR count). The smallest absolute Gasteiger partial charge is 0.128 e. The fourth-order valence-corrected chi connectivity index (χ4v) is 2.18. The largest absolute Gasteiger partial charge is 0.496 e. The van der Waals surface area contributed by atoms with Crippen LogP contribution in [0.2, 0.25) is 0 Å². The Hall–Kier alpha value is -2.01. The maximum absolute atomic E-state index is 10.6. The van der Waals surface area contributed by atoms with Crippen molar-refractivity contribution in [3.8, 4) is 11.5 Å². The van der Waals surface area contributed by atoms with E-state index in [0.29, 0.717) is 22.8 Å². The van der Waals surface area contributed by atoms with Crippen LogP contribution >= 0.6 is 0 Å². The monoisotopic (exact) mass is 262 g/mol. The molecule has 1 heterocycles. The number of aliphatic hydroxyl groups excluding tert-OH is 1. The minimum absolute atomic E-state index is 0.589. The number of rotatable bonds is 4. The van der Waals surface area contributed by atoms with Crippen molar-refractivity contribution in [3.63, 3.8) is 0 Å². The van der Waals surface area contributed by atoms with Gasteiger partial charge >= 0.3 is 0 Å². The van der Waals surface area contributed by atoms with Gasteiger partial charge in [-0.1, -0.05) is 6.07 Å². The van der Waals surface area contributed by atoms with Gasteiger partial charge in [0.25, 0.3) is 0 Å². The third-order valence-electron chi connectivity index (χ3n) is 3.06. The molecule has 0 aliphatic carbocycles. The molecule has 0 amide bonds. The van der Waals surface area contributed by atoms with Crippen molar-refractivity contribution >= 4 is 0 Å². The van der Waals surface area contributed by atoms with Gasteiger partial charge in [-0.25, -0.2) is 0 Å². The van der Waals surface area contributed by atoms with Crippen molar-refractivity contribution in [2.24, 2.45) is 7.05 Å². The molecule has 0 aliphatic rings. The third kappa shape index (κ3) is 2.42. The molecule has 19 heavy (non-hydrogen) atoms. The standard InChI is InChI=1S/C14H18N2O3/c1-9-8-10(16(2)15-9)14(17)13-11(18-3)6-5-7-12(13)19-4/h5-8,14,17H,1-4H3. The van der Waals surface area contributed by atoms with Gasteiger partial charge in [-0.3, -0.25) is 4.68 Å². The summed E-state index contributed by atoms with van der Waals surface area (Å²) < 4.78 is 12.3. The second kappa shape index (κ2) is 5.32. The summed E-state index contributed by atoms with van der Waals surface area (Å²) in [5.41, 5.74) is 2.15. The van der Waals surface area contributed by atoms with Crippen molar-refractivity contribution in [2.45, 2.75) is 13.0 Å². The Labute approximate surface area is 112 Å². The summed E-state index contributed by atoms with van der Waals surface area (Å²) >= 11 is 0. The van der Waals surface area contributed by atoms with Gasteiger partial charge in [0.15, 0.2) is 0 Å². The number of hydrogen-bond donors (Lipinski definition) is 1. The van der Waals surface area contributed by atoms with E-state index in [1.165, 1.54) is 0 Å². The van der Waals surface area contributed by atoms with Crippen molar-refractivity contribution in [1.82, 2.24) is 9.78 Å². The van der Waals surface area contributed by atoms with Crippen LogP contribution in [0.5, 0.6) is 11.5 Å². The molecule has 0 aliphatic heterocycles. The fraction of sp³-hybridized carbons (Fsp3) is 0.357. The molecule has 0 fully saturated rings. The van der Waals surface area contributed by atoms with E-state index in [4.69, 9.17) is 9.47 Å². The van der Waals surface area contributed by atoms with Crippen molar-refractivity contribution in [2.75, 3.05) is 14.2 Å². The first-order chi connectivity index (χ1) is 9.08. The predicted octanol–water partition coefficient (Wildman–Crippen LogP) is 1.83. The lowest BCUT2D eigenvalue weighted by Gasteiger charge is -2.18. The number of aromatic nitrogens is 2. The van der Waals surface area contributed by atoms with Crippen LogP contribution in [0.25, 0.3) is 0 Å². The van der Waals surface area contributed by atoms with E-state index in [-0.39, 0.29) is 0 Å². The third-order valence-corrected chi connectivity index (χ3v) is 3.06. The lowest BCUT2D eigenvalue weighted by atomic mass is 10.0. The molecular weight excluding hydrogens is 244 g/mol. The highest BCUT2D eigenvalue weighted by Crippen LogP contribution is 2.37. The van der Waals surface area contributed by atoms with Gasteiger partial charge in [-0.15, -0.1) is 0 Å². The average Bonchev–Trinajstić information content (AvgIpc) is 2.75. The minimum Gasteiger partial charge on any atom is -0.496 e. The van der Waals surface area contributed by atoms with Gasteiger partial charge in [-0.05, 0) is 25.1 Å². The molecule has 1 aromatic heterocycles. The molecule has 0 bridgehead atoms. The van der Waals surface area contributed by atoms with Gasteiger partial charge in [0.2, 0.25) is 0 Å². The SMILES string of the molecule is COc1cccc(OC)c1C(O)c1cc(C)nn1C. The summed E-state index contributed by atoms with van der Waals surface area (Å²) in [6.07, 6.45) is -0.850. The average molecular weight is 262 g/mol. The summed E-state index contributed by atoms with van der Waals surface area (Å²) in [5, 5.41) is 14.8. The number of aliphatic hydroxyl groups is 1. The molecular formula is C14H18N2O3. The summed E-state index contributed by atoms with van der Waals surface area (Å²) in [4.78, 5) is 0. The van der Waals surface area contributed by atoms with Gasteiger partial charge in [0, 0.05) is 7.05 Å². The second-order valence-electron chi connectivity index (χ2n) is 4.31. The van der Waals surface area contributed by atoms with Crippen molar-refractivity contribution in [1.29, 1.82) is 0 Å². The Morgan fingerprint density at radius 1 is 1.21 bits per heavy atom. The molecule has 5 heteroatoms. The zero-order valence-corrected chi connectivity index (χ0v) is 11.5. The molecule has 102 valence electrons. The predicted molar refractivity (Wildman–Crippen MR) is 71.6 cm³/mol. The molecule has 0 saturated heterocycles. The summed E-state index contributed by atoms with van der Waals surface area (Å²) in [5.74, 6) is 1.18. The number of aryl methyl sites for hydroxylation is 2. The molecule has 1 aromatic carbocycles. The van der Waals surface area contributed by atoms with Crippen LogP contribution in [-0.2, 0) is 7.05 Å². The highest BCUT2D eigenvalue weighted by molar-refractivity contribution is 5.48. The van der Waals surface area contributed by atoms with Crippen molar-refractivity contribution in [3.05, 3.63) is 41.2 Å². The van der Waals surface area contributed by atoms with Crippen molar-refractivity contribution < 1.29 is 14.6 Å². The molecule has 0 radical (unpaired) electrons. The van der Waals surface area contributed by atoms with Crippen LogP contribution in [-0.4, -0.2) is 29.1 Å². The Bertz CT molecular complexity index is 556. The number of hydrogen-bond acceptors (Lipinski definition) is 4. The highest BCUT2D eigenvalue weighted by atomic mass is 16.5.